The molecule has 66 valence electrons. The number of nitrogens with one attached hydrogen (secondary N) is 1. The van der Waals surface area contributed by atoms with Gasteiger partial charge in [-0.2, -0.15) is 12.6 Å². The highest BCUT2D eigenvalue weighted by Crippen LogP contribution is 1.85. The highest BCUT2D eigenvalue weighted by atomic mass is 32.1. The molecule has 0 saturated carbocycles. The minimum Gasteiger partial charge on any atom is -0.352 e. The van der Waals surface area contributed by atoms with Crippen LogP contribution < -0.4 is 5.32 Å². The van der Waals surface area contributed by atoms with E-state index in [4.69, 9.17) is 0 Å². The van der Waals surface area contributed by atoms with Gasteiger partial charge in [0, 0.05) is 12.6 Å². The van der Waals surface area contributed by atoms with Crippen LogP contribution in [0, 0.1) is 0 Å². The average Bonchev–Trinajstić information content (AvgIpc) is 1.85. The average molecular weight is 176 g/mol. The van der Waals surface area contributed by atoms with Crippen molar-refractivity contribution in [3.8, 4) is 0 Å². The number of likely N-dealkylation sites (N-methyl/N-ethyl adjacent to an activating group) is 1. The van der Waals surface area contributed by atoms with Gasteiger partial charge in [0.25, 0.3) is 0 Å². The van der Waals surface area contributed by atoms with Gasteiger partial charge in [-0.15, -0.1) is 0 Å². The molecule has 0 aromatic carbocycles. The van der Waals surface area contributed by atoms with Gasteiger partial charge in [-0.1, -0.05) is 0 Å². The fourth-order valence-corrected chi connectivity index (χ4v) is 1.01. The maximum Gasteiger partial charge on any atom is 0.229 e. The first-order valence-corrected chi connectivity index (χ1v) is 4.24. The Labute approximate surface area is 73.6 Å². The van der Waals surface area contributed by atoms with Gasteiger partial charge >= 0.3 is 0 Å². The summed E-state index contributed by atoms with van der Waals surface area (Å²) in [6.45, 7) is 2.83. The first kappa shape index (κ1) is 10.8. The van der Waals surface area contributed by atoms with Gasteiger partial charge in [-0.3, -0.25) is 4.79 Å². The molecule has 0 heterocycles. The Kier molecular flexibility index (Phi) is 5.32. The van der Waals surface area contributed by atoms with Crippen LogP contribution in [-0.4, -0.2) is 43.2 Å². The molecule has 0 aliphatic rings. The molecule has 0 bridgehead atoms. The zero-order valence-electron chi connectivity index (χ0n) is 7.29. The van der Waals surface area contributed by atoms with Crippen molar-refractivity contribution in [2.24, 2.45) is 0 Å². The van der Waals surface area contributed by atoms with Crippen LogP contribution in [0.5, 0.6) is 0 Å². The van der Waals surface area contributed by atoms with E-state index in [0.717, 1.165) is 6.54 Å². The topological polar surface area (TPSA) is 32.3 Å². The molecule has 0 aromatic heterocycles. The van der Waals surface area contributed by atoms with E-state index in [1.807, 2.05) is 25.9 Å². The number of carbonyl (C=O) groups excluding carboxylic acids is 1. The van der Waals surface area contributed by atoms with E-state index in [0.29, 0.717) is 0 Å². The summed E-state index contributed by atoms with van der Waals surface area (Å²) in [5, 5.41) is 2.80. The van der Waals surface area contributed by atoms with Crippen molar-refractivity contribution < 1.29 is 4.79 Å². The third-order valence-corrected chi connectivity index (χ3v) is 1.48. The third kappa shape index (κ3) is 6.19. The van der Waals surface area contributed by atoms with Crippen LogP contribution in [0.15, 0.2) is 0 Å². The van der Waals surface area contributed by atoms with Crippen LogP contribution in [-0.2, 0) is 4.79 Å². The largest absolute Gasteiger partial charge is 0.352 e. The van der Waals surface area contributed by atoms with Gasteiger partial charge in [0.15, 0.2) is 0 Å². The molecule has 3 nitrogen and oxygen atoms in total. The summed E-state index contributed by atoms with van der Waals surface area (Å²) in [4.78, 5) is 12.8. The normalized spacial score (nSPS) is 13.2. The molecular weight excluding hydrogens is 160 g/mol. The summed E-state index contributed by atoms with van der Waals surface area (Å²) in [6, 6.07) is 0.199. The maximum absolute atomic E-state index is 10.8. The minimum absolute atomic E-state index is 0.0114. The number of carbonyl (C=O) groups is 1. The molecule has 0 fully saturated rings. The minimum atomic E-state index is -0.0114. The SMILES string of the molecule is CC(CN(C)C)NC(=O)CS. The summed E-state index contributed by atoms with van der Waals surface area (Å²) in [5.41, 5.74) is 0. The number of rotatable bonds is 4. The van der Waals surface area contributed by atoms with Gasteiger partial charge in [0.2, 0.25) is 5.91 Å². The second kappa shape index (κ2) is 5.43. The number of thiol groups is 1. The van der Waals surface area contributed by atoms with Crippen molar-refractivity contribution in [3.63, 3.8) is 0 Å². The van der Waals surface area contributed by atoms with E-state index in [2.05, 4.69) is 17.9 Å². The molecule has 1 unspecified atom stereocenters. The number of hydrogen-bond acceptors (Lipinski definition) is 3. The summed E-state index contributed by atoms with van der Waals surface area (Å²) >= 11 is 3.86. The fraction of sp³-hybridized carbons (Fsp3) is 0.857. The molecule has 0 spiro atoms. The molecule has 1 atom stereocenters. The third-order valence-electron chi connectivity index (χ3n) is 1.19. The quantitative estimate of drug-likeness (QED) is 0.590. The van der Waals surface area contributed by atoms with Crippen molar-refractivity contribution in [2.75, 3.05) is 26.4 Å². The molecule has 1 N–H and O–H groups in total. The van der Waals surface area contributed by atoms with Crippen LogP contribution in [0.1, 0.15) is 6.92 Å². The molecule has 0 aliphatic heterocycles. The molecule has 0 aromatic rings. The Morgan fingerprint density at radius 2 is 2.18 bits per heavy atom. The molecule has 0 radical (unpaired) electrons. The zero-order valence-corrected chi connectivity index (χ0v) is 8.19. The van der Waals surface area contributed by atoms with E-state index in [1.165, 1.54) is 0 Å². The molecule has 0 aliphatic carbocycles. The van der Waals surface area contributed by atoms with Gasteiger partial charge in [-0.05, 0) is 21.0 Å². The second-order valence-corrected chi connectivity index (χ2v) is 3.21. The Balaban J connectivity index is 3.51. The fourth-order valence-electron chi connectivity index (χ4n) is 0.914. The van der Waals surface area contributed by atoms with Gasteiger partial charge < -0.3 is 10.2 Å². The van der Waals surface area contributed by atoms with Crippen LogP contribution in [0.2, 0.25) is 0 Å². The standard InChI is InChI=1S/C7H16N2OS/c1-6(4-9(2)3)8-7(10)5-11/h6,11H,4-5H2,1-3H3,(H,8,10). The van der Waals surface area contributed by atoms with Crippen molar-refractivity contribution >= 4 is 18.5 Å². The maximum atomic E-state index is 10.8. The molecule has 11 heavy (non-hydrogen) atoms. The Morgan fingerprint density at radius 3 is 2.55 bits per heavy atom. The van der Waals surface area contributed by atoms with Gasteiger partial charge in [-0.25, -0.2) is 0 Å². The van der Waals surface area contributed by atoms with E-state index < -0.39 is 0 Å². The second-order valence-electron chi connectivity index (χ2n) is 2.89. The van der Waals surface area contributed by atoms with Crippen molar-refractivity contribution in [1.82, 2.24) is 10.2 Å². The van der Waals surface area contributed by atoms with E-state index in [1.54, 1.807) is 0 Å². The lowest BCUT2D eigenvalue weighted by molar-refractivity contribution is -0.119. The Bertz CT molecular complexity index is 128. The molecule has 1 amide bonds. The molecule has 0 rings (SSSR count). The van der Waals surface area contributed by atoms with Gasteiger partial charge in [0.05, 0.1) is 5.75 Å². The summed E-state index contributed by atoms with van der Waals surface area (Å²) in [7, 11) is 3.95. The predicted molar refractivity (Wildman–Crippen MR) is 50.0 cm³/mol. The Morgan fingerprint density at radius 1 is 1.64 bits per heavy atom. The molecule has 4 heteroatoms. The summed E-state index contributed by atoms with van der Waals surface area (Å²) in [5.74, 6) is 0.250. The van der Waals surface area contributed by atoms with Crippen LogP contribution in [0.25, 0.3) is 0 Å². The van der Waals surface area contributed by atoms with E-state index in [-0.39, 0.29) is 17.7 Å². The zero-order chi connectivity index (χ0) is 8.85. The number of amides is 1. The van der Waals surface area contributed by atoms with E-state index >= 15 is 0 Å². The number of hydrogen-bond donors (Lipinski definition) is 2. The molecular formula is C7H16N2OS. The van der Waals surface area contributed by atoms with Crippen molar-refractivity contribution in [1.29, 1.82) is 0 Å². The highest BCUT2D eigenvalue weighted by Gasteiger charge is 2.05. The smallest absolute Gasteiger partial charge is 0.229 e. The van der Waals surface area contributed by atoms with Gasteiger partial charge in [0.1, 0.15) is 0 Å². The first-order valence-electron chi connectivity index (χ1n) is 3.61. The lowest BCUT2D eigenvalue weighted by atomic mass is 10.3. The summed E-state index contributed by atoms with van der Waals surface area (Å²) < 4.78 is 0. The van der Waals surface area contributed by atoms with Crippen LogP contribution >= 0.6 is 12.6 Å². The summed E-state index contributed by atoms with van der Waals surface area (Å²) in [6.07, 6.45) is 0. The van der Waals surface area contributed by atoms with Crippen molar-refractivity contribution in [3.05, 3.63) is 0 Å². The van der Waals surface area contributed by atoms with Crippen LogP contribution in [0.4, 0.5) is 0 Å². The number of nitrogens with zero attached hydrogens (tertiary/aromatic N) is 1. The lowest BCUT2D eigenvalue weighted by Crippen LogP contribution is -2.40. The monoisotopic (exact) mass is 176 g/mol. The highest BCUT2D eigenvalue weighted by molar-refractivity contribution is 7.81. The molecule has 0 saturated heterocycles. The Hall–Kier alpha value is -0.220. The predicted octanol–water partition coefficient (Wildman–Crippen LogP) is -0.0175. The van der Waals surface area contributed by atoms with Crippen molar-refractivity contribution in [2.45, 2.75) is 13.0 Å². The lowest BCUT2D eigenvalue weighted by Gasteiger charge is -2.17. The first-order chi connectivity index (χ1) is 5.06. The van der Waals surface area contributed by atoms with E-state index in [9.17, 15) is 4.79 Å². The van der Waals surface area contributed by atoms with Crippen LogP contribution in [0.3, 0.4) is 0 Å².